The molecule has 1 saturated heterocycles. The zero-order chi connectivity index (χ0) is 12.0. The quantitative estimate of drug-likeness (QED) is 0.608. The third-order valence-electron chi connectivity index (χ3n) is 2.33. The van der Waals surface area contributed by atoms with Crippen molar-refractivity contribution in [2.75, 3.05) is 19.8 Å². The molecule has 5 heteroatoms. The lowest BCUT2D eigenvalue weighted by Crippen LogP contribution is -2.35. The predicted octanol–water partition coefficient (Wildman–Crippen LogP) is 2.21. The van der Waals surface area contributed by atoms with E-state index in [4.69, 9.17) is 4.74 Å². The summed E-state index contributed by atoms with van der Waals surface area (Å²) in [5.41, 5.74) is 0. The van der Waals surface area contributed by atoms with Crippen LogP contribution in [0.5, 0.6) is 0 Å². The average Bonchev–Trinajstić information content (AvgIpc) is 2.64. The van der Waals surface area contributed by atoms with Crippen molar-refractivity contribution in [2.24, 2.45) is 0 Å². The molecule has 90 valence electrons. The Balaban J connectivity index is 2.57. The number of nitrogens with zero attached hydrogens (tertiary/aromatic N) is 1. The smallest absolute Gasteiger partial charge is 0.410 e. The summed E-state index contributed by atoms with van der Waals surface area (Å²) in [5.74, 6) is 0. The Kier molecular flexibility index (Phi) is 5.38. The molecule has 0 aliphatic carbocycles. The molecule has 1 aliphatic rings. The van der Waals surface area contributed by atoms with Crippen LogP contribution in [0.4, 0.5) is 9.18 Å². The van der Waals surface area contributed by atoms with Gasteiger partial charge in [0.05, 0.1) is 6.04 Å². The molecular weight excluding hydrogens is 229 g/mol. The molecule has 1 rings (SSSR count). The third-order valence-corrected chi connectivity index (χ3v) is 2.70. The van der Waals surface area contributed by atoms with Crippen LogP contribution in [0.15, 0.2) is 24.8 Å². The molecule has 1 aliphatic heterocycles. The summed E-state index contributed by atoms with van der Waals surface area (Å²) in [5, 5.41) is 0.116. The first kappa shape index (κ1) is 13.1. The van der Waals surface area contributed by atoms with Crippen LogP contribution in [0.3, 0.4) is 0 Å². The van der Waals surface area contributed by atoms with Crippen LogP contribution < -0.4 is 0 Å². The van der Waals surface area contributed by atoms with Gasteiger partial charge in [0, 0.05) is 11.8 Å². The molecule has 0 bridgehead atoms. The summed E-state index contributed by atoms with van der Waals surface area (Å²) >= 11 is 4.32. The van der Waals surface area contributed by atoms with E-state index in [0.29, 0.717) is 6.54 Å². The minimum absolute atomic E-state index is 0.115. The topological polar surface area (TPSA) is 29.5 Å². The Bertz CT molecular complexity index is 283. The number of halogens is 1. The number of thiol groups is 1. The van der Waals surface area contributed by atoms with Crippen molar-refractivity contribution < 1.29 is 13.9 Å². The highest BCUT2D eigenvalue weighted by molar-refractivity contribution is 7.81. The maximum absolute atomic E-state index is 12.0. The van der Waals surface area contributed by atoms with Gasteiger partial charge in [0.2, 0.25) is 0 Å². The minimum atomic E-state index is -0.525. The number of hydrogen-bond acceptors (Lipinski definition) is 3. The van der Waals surface area contributed by atoms with Crippen LogP contribution in [-0.4, -0.2) is 42.1 Å². The molecule has 16 heavy (non-hydrogen) atoms. The van der Waals surface area contributed by atoms with Gasteiger partial charge in [-0.2, -0.15) is 12.6 Å². The number of amides is 1. The molecule has 0 aromatic heterocycles. The summed E-state index contributed by atoms with van der Waals surface area (Å²) in [6, 6.07) is -0.115. The molecule has 0 unspecified atom stereocenters. The van der Waals surface area contributed by atoms with Crippen molar-refractivity contribution in [1.82, 2.24) is 4.90 Å². The van der Waals surface area contributed by atoms with Crippen molar-refractivity contribution in [2.45, 2.75) is 17.7 Å². The highest BCUT2D eigenvalue weighted by Crippen LogP contribution is 2.23. The zero-order valence-corrected chi connectivity index (χ0v) is 9.91. The first-order valence-corrected chi connectivity index (χ1v) is 5.65. The Morgan fingerprint density at radius 3 is 3.06 bits per heavy atom. The number of hydrogen-bond donors (Lipinski definition) is 1. The molecule has 1 amide bonds. The van der Waals surface area contributed by atoms with E-state index in [1.165, 1.54) is 12.2 Å². The Labute approximate surface area is 100 Å². The van der Waals surface area contributed by atoms with Gasteiger partial charge < -0.3 is 9.64 Å². The monoisotopic (exact) mass is 245 g/mol. The molecule has 0 aromatic rings. The van der Waals surface area contributed by atoms with Gasteiger partial charge in [-0.05, 0) is 6.42 Å². The van der Waals surface area contributed by atoms with E-state index >= 15 is 0 Å². The lowest BCUT2D eigenvalue weighted by molar-refractivity contribution is 0.114. The van der Waals surface area contributed by atoms with E-state index in [1.54, 1.807) is 11.0 Å². The van der Waals surface area contributed by atoms with Crippen molar-refractivity contribution in [1.29, 1.82) is 0 Å². The number of carbonyl (C=O) groups excluding carboxylic acids is 1. The predicted molar refractivity (Wildman–Crippen MR) is 64.5 cm³/mol. The fraction of sp³-hybridized carbons (Fsp3) is 0.545. The standard InChI is InChI=1S/C11H16FNO2S/c1-2-6-15-11(14)13-8-10(16)7-9(13)4-3-5-12/h2-4,9-10,16H,1,5-8H2/b4-3+/t9-,10+/m1/s1. The highest BCUT2D eigenvalue weighted by atomic mass is 32.1. The van der Waals surface area contributed by atoms with Crippen LogP contribution >= 0.6 is 12.6 Å². The second kappa shape index (κ2) is 6.58. The number of ether oxygens (including phenoxy) is 1. The van der Waals surface area contributed by atoms with Gasteiger partial charge in [-0.15, -0.1) is 0 Å². The number of likely N-dealkylation sites (tertiary alicyclic amines) is 1. The van der Waals surface area contributed by atoms with E-state index in [0.717, 1.165) is 6.42 Å². The highest BCUT2D eigenvalue weighted by Gasteiger charge is 2.32. The Morgan fingerprint density at radius 2 is 2.44 bits per heavy atom. The summed E-state index contributed by atoms with van der Waals surface area (Å²) in [7, 11) is 0. The van der Waals surface area contributed by atoms with Crippen LogP contribution in [0, 0.1) is 0 Å². The molecule has 0 spiro atoms. The first-order chi connectivity index (χ1) is 7.69. The van der Waals surface area contributed by atoms with Gasteiger partial charge in [0.15, 0.2) is 0 Å². The summed E-state index contributed by atoms with van der Waals surface area (Å²) < 4.78 is 17.0. The van der Waals surface area contributed by atoms with Crippen LogP contribution in [-0.2, 0) is 4.74 Å². The second-order valence-electron chi connectivity index (χ2n) is 3.56. The normalized spacial score (nSPS) is 25.0. The lowest BCUT2D eigenvalue weighted by atomic mass is 10.2. The molecule has 0 radical (unpaired) electrons. The van der Waals surface area contributed by atoms with Crippen LogP contribution in [0.2, 0.25) is 0 Å². The van der Waals surface area contributed by atoms with Crippen molar-refractivity contribution in [3.05, 3.63) is 24.8 Å². The van der Waals surface area contributed by atoms with Gasteiger partial charge >= 0.3 is 6.09 Å². The van der Waals surface area contributed by atoms with Crippen molar-refractivity contribution in [3.8, 4) is 0 Å². The fourth-order valence-corrected chi connectivity index (χ4v) is 2.05. The number of allylic oxidation sites excluding steroid dienone is 1. The maximum Gasteiger partial charge on any atom is 0.410 e. The number of alkyl halides is 1. The van der Waals surface area contributed by atoms with E-state index in [1.807, 2.05) is 0 Å². The molecule has 1 fully saturated rings. The van der Waals surface area contributed by atoms with E-state index in [-0.39, 0.29) is 17.9 Å². The Morgan fingerprint density at radius 1 is 1.69 bits per heavy atom. The van der Waals surface area contributed by atoms with E-state index in [2.05, 4.69) is 19.2 Å². The van der Waals surface area contributed by atoms with Crippen molar-refractivity contribution >= 4 is 18.7 Å². The molecule has 2 atom stereocenters. The lowest BCUT2D eigenvalue weighted by Gasteiger charge is -2.20. The fourth-order valence-electron chi connectivity index (χ4n) is 1.66. The summed E-state index contributed by atoms with van der Waals surface area (Å²) in [4.78, 5) is 13.2. The van der Waals surface area contributed by atoms with Gasteiger partial charge in [-0.3, -0.25) is 0 Å². The number of carbonyl (C=O) groups is 1. The number of rotatable bonds is 4. The zero-order valence-electron chi connectivity index (χ0n) is 9.01. The summed E-state index contributed by atoms with van der Waals surface area (Å²) in [6.45, 7) is 3.66. The molecule has 1 heterocycles. The average molecular weight is 245 g/mol. The molecule has 3 nitrogen and oxygen atoms in total. The first-order valence-electron chi connectivity index (χ1n) is 5.14. The summed E-state index contributed by atoms with van der Waals surface area (Å²) in [6.07, 6.45) is 4.93. The van der Waals surface area contributed by atoms with Crippen LogP contribution in [0.25, 0.3) is 0 Å². The van der Waals surface area contributed by atoms with Gasteiger partial charge in [-0.25, -0.2) is 9.18 Å². The largest absolute Gasteiger partial charge is 0.445 e. The SMILES string of the molecule is C=CCOC(=O)N1C[C@@H](S)C[C@H]1/C=C/CF. The van der Waals surface area contributed by atoms with E-state index in [9.17, 15) is 9.18 Å². The van der Waals surface area contributed by atoms with Crippen molar-refractivity contribution in [3.63, 3.8) is 0 Å². The van der Waals surface area contributed by atoms with E-state index < -0.39 is 12.8 Å². The Hall–Kier alpha value is -0.970. The second-order valence-corrected chi connectivity index (χ2v) is 4.29. The maximum atomic E-state index is 12.0. The van der Waals surface area contributed by atoms with Gasteiger partial charge in [-0.1, -0.05) is 24.8 Å². The molecular formula is C11H16FNO2S. The third kappa shape index (κ3) is 3.56. The molecule has 0 saturated carbocycles. The van der Waals surface area contributed by atoms with Crippen LogP contribution in [0.1, 0.15) is 6.42 Å². The van der Waals surface area contributed by atoms with Gasteiger partial charge in [0.1, 0.15) is 13.3 Å². The van der Waals surface area contributed by atoms with Gasteiger partial charge in [0.25, 0.3) is 0 Å². The molecule has 0 aromatic carbocycles. The minimum Gasteiger partial charge on any atom is -0.445 e. The molecule has 0 N–H and O–H groups in total.